The Labute approximate surface area is 156 Å². The molecule has 0 spiro atoms. The van der Waals surface area contributed by atoms with Crippen LogP contribution in [0.15, 0.2) is 23.8 Å². The second-order valence-corrected chi connectivity index (χ2v) is 6.77. The molecule has 2 atom stereocenters. The van der Waals surface area contributed by atoms with Crippen LogP contribution in [-0.4, -0.2) is 25.7 Å². The summed E-state index contributed by atoms with van der Waals surface area (Å²) >= 11 is 0. The highest BCUT2D eigenvalue weighted by Crippen LogP contribution is 2.29. The summed E-state index contributed by atoms with van der Waals surface area (Å²) in [5.41, 5.74) is 0.842. The number of nitrogens with one attached hydrogen (secondary N) is 1. The van der Waals surface area contributed by atoms with Crippen molar-refractivity contribution in [3.63, 3.8) is 0 Å². The molecule has 1 aliphatic rings. The van der Waals surface area contributed by atoms with Crippen molar-refractivity contribution in [3.05, 3.63) is 29.3 Å². The number of carbonyl (C=O) groups excluding carboxylic acids is 1. The first kappa shape index (κ1) is 19.8. The first-order chi connectivity index (χ1) is 12.6. The van der Waals surface area contributed by atoms with E-state index in [2.05, 4.69) is 12.2 Å². The van der Waals surface area contributed by atoms with Gasteiger partial charge in [-0.25, -0.2) is 0 Å². The van der Waals surface area contributed by atoms with Crippen molar-refractivity contribution in [2.45, 2.75) is 52.0 Å². The fourth-order valence-electron chi connectivity index (χ4n) is 3.20. The molecule has 26 heavy (non-hydrogen) atoms. The van der Waals surface area contributed by atoms with E-state index in [4.69, 9.17) is 9.47 Å². The van der Waals surface area contributed by atoms with Crippen LogP contribution in [0, 0.1) is 17.2 Å². The van der Waals surface area contributed by atoms with Crippen LogP contribution >= 0.6 is 0 Å². The van der Waals surface area contributed by atoms with Gasteiger partial charge in [-0.1, -0.05) is 32.8 Å². The lowest BCUT2D eigenvalue weighted by molar-refractivity contribution is -0.118. The summed E-state index contributed by atoms with van der Waals surface area (Å²) in [7, 11) is 1.59. The normalized spacial score (nSPS) is 20.2. The van der Waals surface area contributed by atoms with E-state index in [1.807, 2.05) is 19.1 Å². The highest BCUT2D eigenvalue weighted by Gasteiger charge is 2.24. The summed E-state index contributed by atoms with van der Waals surface area (Å²) in [5.74, 6) is 1.39. The maximum atomic E-state index is 12.5. The van der Waals surface area contributed by atoms with Gasteiger partial charge in [0, 0.05) is 6.04 Å². The largest absolute Gasteiger partial charge is 0.493 e. The smallest absolute Gasteiger partial charge is 0.262 e. The van der Waals surface area contributed by atoms with Crippen molar-refractivity contribution in [2.75, 3.05) is 13.7 Å². The average molecular weight is 356 g/mol. The Morgan fingerprint density at radius 3 is 2.77 bits per heavy atom. The number of carbonyl (C=O) groups is 1. The predicted octanol–water partition coefficient (Wildman–Crippen LogP) is 4.09. The third-order valence-corrected chi connectivity index (χ3v) is 4.75. The minimum atomic E-state index is -0.307. The molecule has 0 aliphatic heterocycles. The number of hydrogen-bond acceptors (Lipinski definition) is 4. The lowest BCUT2D eigenvalue weighted by Gasteiger charge is -2.29. The summed E-state index contributed by atoms with van der Waals surface area (Å²) < 4.78 is 11.0. The molecule has 0 radical (unpaired) electrons. The van der Waals surface area contributed by atoms with E-state index in [0.717, 1.165) is 31.2 Å². The molecule has 5 nitrogen and oxygen atoms in total. The molecule has 0 heterocycles. The molecular formula is C21H28N2O3. The summed E-state index contributed by atoms with van der Waals surface area (Å²) in [4.78, 5) is 12.5. The van der Waals surface area contributed by atoms with Crippen LogP contribution < -0.4 is 14.8 Å². The Kier molecular flexibility index (Phi) is 7.53. The molecule has 1 saturated carbocycles. The molecule has 1 amide bonds. The number of hydrogen-bond donors (Lipinski definition) is 1. The third kappa shape index (κ3) is 5.26. The molecule has 0 aromatic heterocycles. The summed E-state index contributed by atoms with van der Waals surface area (Å²) in [6.45, 7) is 4.76. The van der Waals surface area contributed by atoms with E-state index in [1.165, 1.54) is 6.42 Å². The van der Waals surface area contributed by atoms with Gasteiger partial charge in [0.05, 0.1) is 13.7 Å². The van der Waals surface area contributed by atoms with Gasteiger partial charge in [0.2, 0.25) is 0 Å². The van der Waals surface area contributed by atoms with Crippen LogP contribution in [-0.2, 0) is 4.79 Å². The number of methoxy groups -OCH3 is 1. The summed E-state index contributed by atoms with van der Waals surface area (Å²) in [6, 6.07) is 7.56. The van der Waals surface area contributed by atoms with E-state index in [1.54, 1.807) is 25.3 Å². The fourth-order valence-corrected chi connectivity index (χ4v) is 3.20. The summed E-state index contributed by atoms with van der Waals surface area (Å²) in [6.07, 6.45) is 6.91. The monoisotopic (exact) mass is 356 g/mol. The first-order valence-corrected chi connectivity index (χ1v) is 9.32. The van der Waals surface area contributed by atoms with Crippen molar-refractivity contribution in [2.24, 2.45) is 5.92 Å². The van der Waals surface area contributed by atoms with E-state index in [-0.39, 0.29) is 17.5 Å². The predicted molar refractivity (Wildman–Crippen MR) is 102 cm³/mol. The van der Waals surface area contributed by atoms with E-state index in [0.29, 0.717) is 24.0 Å². The van der Waals surface area contributed by atoms with Crippen LogP contribution in [0.3, 0.4) is 0 Å². The zero-order valence-corrected chi connectivity index (χ0v) is 15.9. The number of nitrogens with zero attached hydrogens (tertiary/aromatic N) is 1. The Hall–Kier alpha value is -2.48. The maximum Gasteiger partial charge on any atom is 0.262 e. The second kappa shape index (κ2) is 9.86. The average Bonchev–Trinajstić information content (AvgIpc) is 2.66. The van der Waals surface area contributed by atoms with E-state index in [9.17, 15) is 10.1 Å². The van der Waals surface area contributed by atoms with Crippen LogP contribution in [0.1, 0.15) is 51.5 Å². The molecule has 0 bridgehead atoms. The minimum Gasteiger partial charge on any atom is -0.493 e. The molecule has 1 fully saturated rings. The Morgan fingerprint density at radius 1 is 1.35 bits per heavy atom. The van der Waals surface area contributed by atoms with E-state index < -0.39 is 0 Å². The SMILES string of the molecule is CCCOc1cc(/C=C(\C#N)C(=O)N[C@@H]2CCCC[C@H]2C)ccc1OC. The lowest BCUT2D eigenvalue weighted by atomic mass is 9.86. The van der Waals surface area contributed by atoms with Gasteiger partial charge in [0.25, 0.3) is 5.91 Å². The van der Waals surface area contributed by atoms with Gasteiger partial charge in [0.15, 0.2) is 11.5 Å². The number of nitriles is 1. The van der Waals surface area contributed by atoms with Gasteiger partial charge >= 0.3 is 0 Å². The van der Waals surface area contributed by atoms with Gasteiger partial charge in [0.1, 0.15) is 11.6 Å². The van der Waals surface area contributed by atoms with E-state index >= 15 is 0 Å². The Balaban J connectivity index is 2.16. The molecule has 0 saturated heterocycles. The minimum absolute atomic E-state index is 0.106. The van der Waals surface area contributed by atoms with Crippen molar-refractivity contribution in [1.29, 1.82) is 5.26 Å². The number of benzene rings is 1. The molecule has 0 unspecified atom stereocenters. The fraction of sp³-hybridized carbons (Fsp3) is 0.524. The van der Waals surface area contributed by atoms with Crippen molar-refractivity contribution >= 4 is 12.0 Å². The maximum absolute atomic E-state index is 12.5. The Bertz CT molecular complexity index is 691. The number of ether oxygens (including phenoxy) is 2. The summed E-state index contributed by atoms with van der Waals surface area (Å²) in [5, 5.41) is 12.5. The molecule has 1 aromatic rings. The van der Waals surface area contributed by atoms with Crippen LogP contribution in [0.5, 0.6) is 11.5 Å². The van der Waals surface area contributed by atoms with Gasteiger partial charge < -0.3 is 14.8 Å². The molecule has 140 valence electrons. The van der Waals surface area contributed by atoms with Crippen molar-refractivity contribution < 1.29 is 14.3 Å². The zero-order chi connectivity index (χ0) is 18.9. The highest BCUT2D eigenvalue weighted by atomic mass is 16.5. The molecule has 2 rings (SSSR count). The van der Waals surface area contributed by atoms with Crippen LogP contribution in [0.2, 0.25) is 0 Å². The Morgan fingerprint density at radius 2 is 2.12 bits per heavy atom. The topological polar surface area (TPSA) is 71.3 Å². The van der Waals surface area contributed by atoms with Gasteiger partial charge in [-0.2, -0.15) is 5.26 Å². The number of amides is 1. The zero-order valence-electron chi connectivity index (χ0n) is 15.9. The molecule has 1 aliphatic carbocycles. The molecule has 1 aromatic carbocycles. The second-order valence-electron chi connectivity index (χ2n) is 6.77. The molecular weight excluding hydrogens is 328 g/mol. The first-order valence-electron chi connectivity index (χ1n) is 9.32. The quantitative estimate of drug-likeness (QED) is 0.590. The molecule has 5 heteroatoms. The third-order valence-electron chi connectivity index (χ3n) is 4.75. The lowest BCUT2D eigenvalue weighted by Crippen LogP contribution is -2.41. The number of rotatable bonds is 7. The highest BCUT2D eigenvalue weighted by molar-refractivity contribution is 6.01. The van der Waals surface area contributed by atoms with Gasteiger partial charge in [-0.15, -0.1) is 0 Å². The van der Waals surface area contributed by atoms with Crippen LogP contribution in [0.4, 0.5) is 0 Å². The van der Waals surface area contributed by atoms with Crippen LogP contribution in [0.25, 0.3) is 6.08 Å². The van der Waals surface area contributed by atoms with Crippen molar-refractivity contribution in [1.82, 2.24) is 5.32 Å². The van der Waals surface area contributed by atoms with Gasteiger partial charge in [-0.05, 0) is 49.0 Å². The standard InChI is InChI=1S/C21H28N2O3/c1-4-11-26-20-13-16(9-10-19(20)25-3)12-17(14-22)21(24)23-18-8-6-5-7-15(18)2/h9-10,12-13,15,18H,4-8,11H2,1-3H3,(H,23,24)/b17-12+/t15-,18-/m1/s1. The van der Waals surface area contributed by atoms with Crippen molar-refractivity contribution in [3.8, 4) is 17.6 Å². The molecule has 1 N–H and O–H groups in total. The van der Waals surface area contributed by atoms with Gasteiger partial charge in [-0.3, -0.25) is 4.79 Å².